The molecule has 4 nitrogen and oxygen atoms in total. The van der Waals surface area contributed by atoms with E-state index in [1.54, 1.807) is 27.8 Å². The maximum atomic E-state index is 13.8. The molecule has 1 aromatic heterocycles. The molecule has 0 bridgehead atoms. The van der Waals surface area contributed by atoms with Crippen molar-refractivity contribution in [2.75, 3.05) is 40.3 Å². The van der Waals surface area contributed by atoms with E-state index in [0.717, 1.165) is 57.4 Å². The van der Waals surface area contributed by atoms with Gasteiger partial charge in [-0.05, 0) is 60.5 Å². The van der Waals surface area contributed by atoms with Crippen molar-refractivity contribution in [2.45, 2.75) is 31.1 Å². The van der Waals surface area contributed by atoms with Crippen LogP contribution in [0, 0.1) is 12.8 Å². The Morgan fingerprint density at radius 2 is 1.74 bits per heavy atom. The third kappa shape index (κ3) is 4.32. The van der Waals surface area contributed by atoms with Crippen LogP contribution in [0.1, 0.15) is 24.8 Å². The van der Waals surface area contributed by atoms with E-state index in [0.29, 0.717) is 17.4 Å². The lowest BCUT2D eigenvalue weighted by Crippen LogP contribution is -2.33. The average Bonchev–Trinajstić information content (AvgIpc) is 3.58. The fourth-order valence-electron chi connectivity index (χ4n) is 4.21. The van der Waals surface area contributed by atoms with Crippen LogP contribution in [0.3, 0.4) is 0 Å². The normalized spacial score (nSPS) is 17.3. The monoisotopic (exact) mass is 472 g/mol. The number of hydrogen-bond donors (Lipinski definition) is 0. The Kier molecular flexibility index (Phi) is 5.92. The highest BCUT2D eigenvalue weighted by Gasteiger charge is 2.31. The van der Waals surface area contributed by atoms with Crippen molar-refractivity contribution in [3.8, 4) is 0 Å². The van der Waals surface area contributed by atoms with Gasteiger partial charge in [-0.3, -0.25) is 4.31 Å². The quantitative estimate of drug-likeness (QED) is 0.438. The van der Waals surface area contributed by atoms with Crippen LogP contribution in [0.2, 0.25) is 0 Å². The summed E-state index contributed by atoms with van der Waals surface area (Å²) >= 11 is 3.56. The molecule has 0 N–H and O–H groups in total. The molecular formula is C24H28N2O2S3. The molecule has 2 aliphatic rings. The minimum atomic E-state index is -3.62. The van der Waals surface area contributed by atoms with Gasteiger partial charge in [-0.1, -0.05) is 31.0 Å². The molecule has 1 aliphatic heterocycles. The van der Waals surface area contributed by atoms with E-state index < -0.39 is 10.0 Å². The summed E-state index contributed by atoms with van der Waals surface area (Å²) in [5.74, 6) is 2.92. The topological polar surface area (TPSA) is 40.6 Å². The summed E-state index contributed by atoms with van der Waals surface area (Å²) in [6.07, 6.45) is 3.38. The Morgan fingerprint density at radius 1 is 1.03 bits per heavy atom. The van der Waals surface area contributed by atoms with Crippen molar-refractivity contribution < 1.29 is 8.42 Å². The Bertz CT molecular complexity index is 1160. The van der Waals surface area contributed by atoms with Gasteiger partial charge in [0, 0.05) is 41.5 Å². The molecule has 1 saturated carbocycles. The van der Waals surface area contributed by atoms with Crippen LogP contribution < -0.4 is 9.21 Å². The molecule has 0 unspecified atom stereocenters. The summed E-state index contributed by atoms with van der Waals surface area (Å²) in [5, 5.41) is 2.01. The number of hydrogen-bond acceptors (Lipinski definition) is 5. The first-order valence-corrected chi connectivity index (χ1v) is 14.4. The van der Waals surface area contributed by atoms with Crippen molar-refractivity contribution in [1.29, 1.82) is 0 Å². The van der Waals surface area contributed by atoms with Gasteiger partial charge in [0.25, 0.3) is 10.0 Å². The zero-order valence-electron chi connectivity index (χ0n) is 17.8. The van der Waals surface area contributed by atoms with Crippen LogP contribution in [-0.4, -0.2) is 39.6 Å². The minimum Gasteiger partial charge on any atom is -0.370 e. The second-order valence-corrected chi connectivity index (χ2v) is 12.5. The summed E-state index contributed by atoms with van der Waals surface area (Å²) in [6.45, 7) is 4.63. The summed E-state index contributed by atoms with van der Waals surface area (Å²) in [7, 11) is -3.62. The third-order valence-corrected chi connectivity index (χ3v) is 10.5. The van der Waals surface area contributed by atoms with E-state index in [1.807, 2.05) is 43.0 Å². The van der Waals surface area contributed by atoms with Gasteiger partial charge in [0.2, 0.25) is 0 Å². The van der Waals surface area contributed by atoms with Crippen molar-refractivity contribution in [3.63, 3.8) is 0 Å². The van der Waals surface area contributed by atoms with Gasteiger partial charge in [0.1, 0.15) is 5.00 Å². The smallest absolute Gasteiger partial charge is 0.264 e. The number of anilines is 2. The van der Waals surface area contributed by atoms with Crippen LogP contribution in [0.25, 0.3) is 10.1 Å². The van der Waals surface area contributed by atoms with Crippen LogP contribution in [0.15, 0.2) is 53.4 Å². The van der Waals surface area contributed by atoms with Crippen LogP contribution >= 0.6 is 23.1 Å². The average molecular weight is 473 g/mol. The van der Waals surface area contributed by atoms with Gasteiger partial charge < -0.3 is 4.90 Å². The predicted molar refractivity (Wildman–Crippen MR) is 134 cm³/mol. The Balaban J connectivity index is 1.49. The maximum Gasteiger partial charge on any atom is 0.264 e. The lowest BCUT2D eigenvalue weighted by atomic mass is 10.2. The SMILES string of the molecule is Cc1c(N(CCC2CC2)S(=O)(=O)c2ccc(N3CCSCC3)cc2)sc2ccccc12. The maximum absolute atomic E-state index is 13.8. The highest BCUT2D eigenvalue weighted by Crippen LogP contribution is 2.41. The van der Waals surface area contributed by atoms with Crippen LogP contribution in [0.5, 0.6) is 0 Å². The molecule has 0 amide bonds. The van der Waals surface area contributed by atoms with Gasteiger partial charge in [-0.15, -0.1) is 11.3 Å². The zero-order chi connectivity index (χ0) is 21.4. The standard InChI is InChI=1S/C24H28N2O2S3/c1-18-22-4-2-3-5-23(22)30-24(18)26(13-12-19-6-7-19)31(27,28)21-10-8-20(9-11-21)25-14-16-29-17-15-25/h2-5,8-11,19H,6-7,12-17H2,1H3. The molecule has 31 heavy (non-hydrogen) atoms. The number of thiophene rings is 1. The number of rotatable bonds is 7. The largest absolute Gasteiger partial charge is 0.370 e. The number of sulfonamides is 1. The second-order valence-electron chi connectivity index (χ2n) is 8.43. The van der Waals surface area contributed by atoms with Gasteiger partial charge in [-0.2, -0.15) is 11.8 Å². The minimum absolute atomic E-state index is 0.385. The molecule has 3 aromatic rings. The summed E-state index contributed by atoms with van der Waals surface area (Å²) in [6, 6.07) is 15.7. The molecule has 7 heteroatoms. The summed E-state index contributed by atoms with van der Waals surface area (Å²) in [5.41, 5.74) is 2.17. The Labute approximate surface area is 193 Å². The fourth-order valence-corrected chi connectivity index (χ4v) is 8.10. The molecular weight excluding hydrogens is 444 g/mol. The van der Waals surface area contributed by atoms with Crippen molar-refractivity contribution in [3.05, 3.63) is 54.1 Å². The number of nitrogens with zero attached hydrogens (tertiary/aromatic N) is 2. The molecule has 2 aromatic carbocycles. The molecule has 0 radical (unpaired) electrons. The van der Waals surface area contributed by atoms with Crippen molar-refractivity contribution >= 4 is 53.9 Å². The number of thioether (sulfide) groups is 1. The molecule has 5 rings (SSSR count). The van der Waals surface area contributed by atoms with Gasteiger partial charge in [-0.25, -0.2) is 8.42 Å². The number of fused-ring (bicyclic) bond motifs is 1. The summed E-state index contributed by atoms with van der Waals surface area (Å²) in [4.78, 5) is 2.73. The van der Waals surface area contributed by atoms with E-state index in [-0.39, 0.29) is 0 Å². The third-order valence-electron chi connectivity index (χ3n) is 6.28. The molecule has 1 aliphatic carbocycles. The van der Waals surface area contributed by atoms with Gasteiger partial charge in [0.15, 0.2) is 0 Å². The lowest BCUT2D eigenvalue weighted by Gasteiger charge is -2.29. The second kappa shape index (κ2) is 8.68. The summed E-state index contributed by atoms with van der Waals surface area (Å²) < 4.78 is 30.4. The molecule has 2 fully saturated rings. The van der Waals surface area contributed by atoms with E-state index in [1.165, 1.54) is 12.8 Å². The lowest BCUT2D eigenvalue weighted by molar-refractivity contribution is 0.587. The number of benzene rings is 2. The van der Waals surface area contributed by atoms with Crippen molar-refractivity contribution in [1.82, 2.24) is 0 Å². The van der Waals surface area contributed by atoms with E-state index in [2.05, 4.69) is 17.0 Å². The van der Waals surface area contributed by atoms with Gasteiger partial charge in [0.05, 0.1) is 4.90 Å². The van der Waals surface area contributed by atoms with E-state index in [9.17, 15) is 8.42 Å². The number of aryl methyl sites for hydroxylation is 1. The van der Waals surface area contributed by atoms with Crippen LogP contribution in [0.4, 0.5) is 10.7 Å². The molecule has 1 saturated heterocycles. The fraction of sp³-hybridized carbons (Fsp3) is 0.417. The van der Waals surface area contributed by atoms with Gasteiger partial charge >= 0.3 is 0 Å². The molecule has 164 valence electrons. The predicted octanol–water partition coefficient (Wildman–Crippen LogP) is 5.76. The molecule has 0 spiro atoms. The van der Waals surface area contributed by atoms with Crippen molar-refractivity contribution in [2.24, 2.45) is 5.92 Å². The van der Waals surface area contributed by atoms with E-state index in [4.69, 9.17) is 0 Å². The first-order valence-electron chi connectivity index (χ1n) is 11.0. The van der Waals surface area contributed by atoms with Crippen LogP contribution in [-0.2, 0) is 10.0 Å². The first kappa shape index (κ1) is 21.2. The Hall–Kier alpha value is -1.70. The Morgan fingerprint density at radius 3 is 2.42 bits per heavy atom. The zero-order valence-corrected chi connectivity index (χ0v) is 20.2. The van der Waals surface area contributed by atoms with E-state index >= 15 is 0 Å². The molecule has 2 heterocycles. The first-order chi connectivity index (χ1) is 15.0. The highest BCUT2D eigenvalue weighted by atomic mass is 32.2. The molecule has 0 atom stereocenters. The highest BCUT2D eigenvalue weighted by molar-refractivity contribution is 7.99.